The zero-order chi connectivity index (χ0) is 15.3. The van der Waals surface area contributed by atoms with Crippen LogP contribution >= 0.6 is 23.8 Å². The van der Waals surface area contributed by atoms with Gasteiger partial charge in [0, 0.05) is 11.6 Å². The highest BCUT2D eigenvalue weighted by Gasteiger charge is 2.18. The van der Waals surface area contributed by atoms with Gasteiger partial charge in [0.05, 0.1) is 17.3 Å². The number of benzene rings is 1. The van der Waals surface area contributed by atoms with Crippen molar-refractivity contribution in [1.82, 2.24) is 0 Å². The lowest BCUT2D eigenvalue weighted by Crippen LogP contribution is -2.36. The van der Waals surface area contributed by atoms with Gasteiger partial charge in [0.25, 0.3) is 0 Å². The second-order valence-corrected chi connectivity index (χ2v) is 5.40. The number of ether oxygens (including phenoxy) is 1. The van der Waals surface area contributed by atoms with Crippen LogP contribution in [0.1, 0.15) is 26.3 Å². The van der Waals surface area contributed by atoms with Gasteiger partial charge < -0.3 is 15.4 Å². The van der Waals surface area contributed by atoms with E-state index in [1.54, 1.807) is 19.1 Å². The van der Waals surface area contributed by atoms with Gasteiger partial charge in [0.15, 0.2) is 0 Å². The molecule has 0 saturated carbocycles. The molecule has 0 bridgehead atoms. The van der Waals surface area contributed by atoms with E-state index in [1.165, 1.54) is 0 Å². The van der Waals surface area contributed by atoms with E-state index in [0.717, 1.165) is 5.69 Å². The van der Waals surface area contributed by atoms with Crippen LogP contribution in [0.4, 0.5) is 5.69 Å². The van der Waals surface area contributed by atoms with Crippen LogP contribution in [0, 0.1) is 0 Å². The van der Waals surface area contributed by atoms with Crippen LogP contribution < -0.4 is 10.6 Å². The molecule has 0 saturated heterocycles. The van der Waals surface area contributed by atoms with Crippen molar-refractivity contribution in [2.24, 2.45) is 5.73 Å². The monoisotopic (exact) mass is 314 g/mol. The summed E-state index contributed by atoms with van der Waals surface area (Å²) in [5.74, 6) is -0.282. The van der Waals surface area contributed by atoms with E-state index in [2.05, 4.69) is 0 Å². The SMILES string of the molecule is CCOC(=O)CN(c1ccc(C(N)=S)cc1Cl)C(C)C. The van der Waals surface area contributed by atoms with Crippen molar-refractivity contribution in [1.29, 1.82) is 0 Å². The molecular formula is C14H19ClN2O2S. The summed E-state index contributed by atoms with van der Waals surface area (Å²) in [5, 5.41) is 0.508. The van der Waals surface area contributed by atoms with Crippen molar-refractivity contribution in [2.45, 2.75) is 26.8 Å². The zero-order valence-corrected chi connectivity index (χ0v) is 13.4. The standard InChI is InChI=1S/C14H19ClN2O2S/c1-4-19-13(18)8-17(9(2)3)12-6-5-10(14(16)20)7-11(12)15/h5-7,9H,4,8H2,1-3H3,(H2,16,20). The molecule has 110 valence electrons. The van der Waals surface area contributed by atoms with Gasteiger partial charge in [-0.25, -0.2) is 0 Å². The van der Waals surface area contributed by atoms with Gasteiger partial charge in [-0.05, 0) is 39.0 Å². The number of hydrogen-bond acceptors (Lipinski definition) is 4. The first kappa shape index (κ1) is 16.7. The second kappa shape index (κ2) is 7.45. The largest absolute Gasteiger partial charge is 0.465 e. The molecule has 1 rings (SSSR count). The van der Waals surface area contributed by atoms with E-state index in [0.29, 0.717) is 22.2 Å². The highest BCUT2D eigenvalue weighted by Crippen LogP contribution is 2.28. The first-order chi connectivity index (χ1) is 9.36. The van der Waals surface area contributed by atoms with Gasteiger partial charge >= 0.3 is 5.97 Å². The molecule has 20 heavy (non-hydrogen) atoms. The Bertz CT molecular complexity index is 506. The highest BCUT2D eigenvalue weighted by atomic mass is 35.5. The van der Waals surface area contributed by atoms with Gasteiger partial charge in [-0.1, -0.05) is 23.8 Å². The van der Waals surface area contributed by atoms with Crippen molar-refractivity contribution < 1.29 is 9.53 Å². The third-order valence-electron chi connectivity index (χ3n) is 2.77. The van der Waals surface area contributed by atoms with Crippen LogP contribution in [0.5, 0.6) is 0 Å². The van der Waals surface area contributed by atoms with Crippen molar-refractivity contribution in [3.05, 3.63) is 28.8 Å². The predicted molar refractivity (Wildman–Crippen MR) is 86.5 cm³/mol. The summed E-state index contributed by atoms with van der Waals surface area (Å²) in [5.41, 5.74) is 7.04. The number of carbonyl (C=O) groups excluding carboxylic acids is 1. The lowest BCUT2D eigenvalue weighted by molar-refractivity contribution is -0.141. The number of halogens is 1. The molecule has 0 radical (unpaired) electrons. The summed E-state index contributed by atoms with van der Waals surface area (Å²) in [4.78, 5) is 13.8. The number of thiocarbonyl (C=S) groups is 1. The van der Waals surface area contributed by atoms with E-state index in [-0.39, 0.29) is 18.6 Å². The molecule has 0 heterocycles. The average Bonchev–Trinajstić information content (AvgIpc) is 2.36. The fraction of sp³-hybridized carbons (Fsp3) is 0.429. The van der Waals surface area contributed by atoms with E-state index >= 15 is 0 Å². The molecule has 2 N–H and O–H groups in total. The maximum Gasteiger partial charge on any atom is 0.325 e. The summed E-state index contributed by atoms with van der Waals surface area (Å²) >= 11 is 11.2. The van der Waals surface area contributed by atoms with E-state index in [1.807, 2.05) is 24.8 Å². The van der Waals surface area contributed by atoms with E-state index in [9.17, 15) is 4.79 Å². The minimum absolute atomic E-state index is 0.104. The van der Waals surface area contributed by atoms with Crippen molar-refractivity contribution >= 4 is 40.5 Å². The molecule has 1 aromatic rings. The molecule has 6 heteroatoms. The summed E-state index contributed by atoms with van der Waals surface area (Å²) < 4.78 is 4.98. The van der Waals surface area contributed by atoms with Crippen LogP contribution in [0.25, 0.3) is 0 Å². The number of anilines is 1. The Hall–Kier alpha value is -1.33. The molecule has 0 spiro atoms. The molecule has 0 aliphatic rings. The molecule has 0 aromatic heterocycles. The van der Waals surface area contributed by atoms with Crippen LogP contribution in [0.3, 0.4) is 0 Å². The molecule has 1 aromatic carbocycles. The Morgan fingerprint density at radius 1 is 1.50 bits per heavy atom. The van der Waals surface area contributed by atoms with E-state index in [4.69, 9.17) is 34.3 Å². The molecule has 0 fully saturated rings. The average molecular weight is 315 g/mol. The molecule has 0 amide bonds. The smallest absolute Gasteiger partial charge is 0.325 e. The van der Waals surface area contributed by atoms with Crippen molar-refractivity contribution in [3.8, 4) is 0 Å². The van der Waals surface area contributed by atoms with E-state index < -0.39 is 0 Å². The molecule has 4 nitrogen and oxygen atoms in total. The Morgan fingerprint density at radius 2 is 2.15 bits per heavy atom. The van der Waals surface area contributed by atoms with Gasteiger partial charge in [0.2, 0.25) is 0 Å². The van der Waals surface area contributed by atoms with Gasteiger partial charge in [-0.2, -0.15) is 0 Å². The number of hydrogen-bond donors (Lipinski definition) is 1. The van der Waals surface area contributed by atoms with Gasteiger partial charge in [0.1, 0.15) is 11.5 Å². The molecule has 0 aliphatic carbocycles. The summed E-state index contributed by atoms with van der Waals surface area (Å²) in [6, 6.07) is 5.42. The normalized spacial score (nSPS) is 10.4. The number of carbonyl (C=O) groups is 1. The maximum absolute atomic E-state index is 11.7. The summed E-state index contributed by atoms with van der Waals surface area (Å²) in [7, 11) is 0. The first-order valence-corrected chi connectivity index (χ1v) is 7.17. The van der Waals surface area contributed by atoms with Crippen LogP contribution in [0.15, 0.2) is 18.2 Å². The predicted octanol–water partition coefficient (Wildman–Crippen LogP) is 2.75. The summed E-state index contributed by atoms with van der Waals surface area (Å²) in [6.07, 6.45) is 0. The van der Waals surface area contributed by atoms with Crippen LogP contribution in [-0.4, -0.2) is 30.2 Å². The zero-order valence-electron chi connectivity index (χ0n) is 11.9. The molecular weight excluding hydrogens is 296 g/mol. The lowest BCUT2D eigenvalue weighted by atomic mass is 10.1. The highest BCUT2D eigenvalue weighted by molar-refractivity contribution is 7.80. The number of esters is 1. The molecule has 0 atom stereocenters. The summed E-state index contributed by atoms with van der Waals surface area (Å²) in [6.45, 7) is 6.26. The minimum atomic E-state index is -0.282. The number of rotatable bonds is 6. The quantitative estimate of drug-likeness (QED) is 0.646. The first-order valence-electron chi connectivity index (χ1n) is 6.38. The fourth-order valence-electron chi connectivity index (χ4n) is 1.78. The Morgan fingerprint density at radius 3 is 2.60 bits per heavy atom. The lowest BCUT2D eigenvalue weighted by Gasteiger charge is -2.29. The Balaban J connectivity index is 3.03. The van der Waals surface area contributed by atoms with Crippen LogP contribution in [0.2, 0.25) is 5.02 Å². The van der Waals surface area contributed by atoms with Crippen molar-refractivity contribution in [3.63, 3.8) is 0 Å². The number of nitrogens with zero attached hydrogens (tertiary/aromatic N) is 1. The second-order valence-electron chi connectivity index (χ2n) is 4.56. The Kier molecular flexibility index (Phi) is 6.23. The van der Waals surface area contributed by atoms with Crippen LogP contribution in [-0.2, 0) is 9.53 Å². The Labute approximate surface area is 129 Å². The van der Waals surface area contributed by atoms with Gasteiger partial charge in [-0.15, -0.1) is 0 Å². The third kappa shape index (κ3) is 4.35. The molecule has 0 aliphatic heterocycles. The molecule has 0 unspecified atom stereocenters. The van der Waals surface area contributed by atoms with Crippen molar-refractivity contribution in [2.75, 3.05) is 18.1 Å². The maximum atomic E-state index is 11.7. The topological polar surface area (TPSA) is 55.6 Å². The minimum Gasteiger partial charge on any atom is -0.465 e. The third-order valence-corrected chi connectivity index (χ3v) is 3.31. The van der Waals surface area contributed by atoms with Gasteiger partial charge in [-0.3, -0.25) is 4.79 Å². The fourth-order valence-corrected chi connectivity index (χ4v) is 2.20. The number of nitrogens with two attached hydrogens (primary N) is 1.